The summed E-state index contributed by atoms with van der Waals surface area (Å²) in [5.41, 5.74) is 2.69. The third-order valence-electron chi connectivity index (χ3n) is 3.43. The Hall–Kier alpha value is -3.06. The number of carbonyl (C=O) groups excluding carboxylic acids is 1. The van der Waals surface area contributed by atoms with Crippen molar-refractivity contribution in [2.45, 2.75) is 0 Å². The van der Waals surface area contributed by atoms with Crippen molar-refractivity contribution in [2.24, 2.45) is 0 Å². The van der Waals surface area contributed by atoms with Crippen LogP contribution in [0.3, 0.4) is 0 Å². The summed E-state index contributed by atoms with van der Waals surface area (Å²) in [6.45, 7) is 0. The molecule has 0 aliphatic heterocycles. The third kappa shape index (κ3) is 2.58. The van der Waals surface area contributed by atoms with Gasteiger partial charge in [0.15, 0.2) is 0 Å². The van der Waals surface area contributed by atoms with Gasteiger partial charge in [0.05, 0.1) is 23.6 Å². The molecular weight excluding hydrogens is 310 g/mol. The number of hydrogen-bond acceptors (Lipinski definition) is 5. The van der Waals surface area contributed by atoms with E-state index in [9.17, 15) is 4.79 Å². The van der Waals surface area contributed by atoms with E-state index in [1.807, 2.05) is 59.4 Å². The van der Waals surface area contributed by atoms with Crippen molar-refractivity contribution in [2.75, 3.05) is 5.32 Å². The number of carbonyl (C=O) groups is 1. The highest BCUT2D eigenvalue weighted by Gasteiger charge is 2.09. The Bertz CT molecular complexity index is 960. The lowest BCUT2D eigenvalue weighted by Gasteiger charge is -2.06. The van der Waals surface area contributed by atoms with Crippen LogP contribution < -0.4 is 5.32 Å². The first-order valence-corrected chi connectivity index (χ1v) is 7.70. The molecule has 2 heterocycles. The van der Waals surface area contributed by atoms with Gasteiger partial charge in [0, 0.05) is 11.1 Å². The minimum absolute atomic E-state index is 0.211. The third-order valence-corrected chi connectivity index (χ3v) is 4.10. The number of hydrogen-bond donors (Lipinski definition) is 1. The number of benzene rings is 2. The first-order valence-electron chi connectivity index (χ1n) is 6.93. The summed E-state index contributed by atoms with van der Waals surface area (Å²) >= 11 is 1.07. The second-order valence-corrected chi connectivity index (χ2v) is 5.68. The minimum Gasteiger partial charge on any atom is -0.321 e. The number of para-hydroxylation sites is 1. The van der Waals surface area contributed by atoms with Crippen LogP contribution >= 0.6 is 11.5 Å². The van der Waals surface area contributed by atoms with E-state index in [0.717, 1.165) is 28.1 Å². The number of aromatic nitrogens is 4. The molecule has 4 rings (SSSR count). The number of amides is 1. The van der Waals surface area contributed by atoms with Gasteiger partial charge in [-0.1, -0.05) is 22.7 Å². The minimum atomic E-state index is -0.211. The van der Waals surface area contributed by atoms with Gasteiger partial charge in [-0.2, -0.15) is 5.10 Å². The highest BCUT2D eigenvalue weighted by atomic mass is 32.1. The Morgan fingerprint density at radius 2 is 1.87 bits per heavy atom. The molecule has 0 aliphatic carbocycles. The van der Waals surface area contributed by atoms with E-state index < -0.39 is 0 Å². The van der Waals surface area contributed by atoms with Crippen LogP contribution in [0.2, 0.25) is 0 Å². The first-order chi connectivity index (χ1) is 11.3. The van der Waals surface area contributed by atoms with Crippen molar-refractivity contribution in [3.05, 3.63) is 65.8 Å². The Balaban J connectivity index is 1.60. The molecule has 7 heteroatoms. The van der Waals surface area contributed by atoms with Crippen molar-refractivity contribution in [3.63, 3.8) is 0 Å². The molecule has 6 nitrogen and oxygen atoms in total. The van der Waals surface area contributed by atoms with Gasteiger partial charge in [0.2, 0.25) is 0 Å². The monoisotopic (exact) mass is 321 g/mol. The zero-order chi connectivity index (χ0) is 15.6. The average Bonchev–Trinajstić information content (AvgIpc) is 3.25. The molecule has 1 N–H and O–H groups in total. The molecule has 0 atom stereocenters. The van der Waals surface area contributed by atoms with Gasteiger partial charge < -0.3 is 5.32 Å². The fourth-order valence-electron chi connectivity index (χ4n) is 2.32. The maximum atomic E-state index is 12.0. The normalized spacial score (nSPS) is 10.8. The van der Waals surface area contributed by atoms with Gasteiger partial charge in [-0.15, -0.1) is 5.10 Å². The maximum Gasteiger partial charge on any atom is 0.269 e. The quantitative estimate of drug-likeness (QED) is 0.629. The largest absolute Gasteiger partial charge is 0.321 e. The van der Waals surface area contributed by atoms with Gasteiger partial charge in [0.25, 0.3) is 5.91 Å². The number of fused-ring (bicyclic) bond motifs is 1. The Morgan fingerprint density at radius 1 is 1.04 bits per heavy atom. The molecule has 1 amide bonds. The van der Waals surface area contributed by atoms with Crippen LogP contribution in [0, 0.1) is 0 Å². The summed E-state index contributed by atoms with van der Waals surface area (Å²) in [6.07, 6.45) is 3.28. The fraction of sp³-hybridized carbons (Fsp3) is 0. The van der Waals surface area contributed by atoms with Crippen LogP contribution in [0.1, 0.15) is 9.67 Å². The van der Waals surface area contributed by atoms with Crippen LogP contribution in [0.15, 0.2) is 60.9 Å². The molecule has 2 aromatic carbocycles. The van der Waals surface area contributed by atoms with Crippen LogP contribution in [-0.4, -0.2) is 25.3 Å². The van der Waals surface area contributed by atoms with Crippen LogP contribution in [0.4, 0.5) is 5.69 Å². The summed E-state index contributed by atoms with van der Waals surface area (Å²) in [5, 5.41) is 12.0. The average molecular weight is 321 g/mol. The van der Waals surface area contributed by atoms with Crippen molar-refractivity contribution in [1.29, 1.82) is 0 Å². The zero-order valence-corrected chi connectivity index (χ0v) is 12.7. The molecule has 0 unspecified atom stereocenters. The van der Waals surface area contributed by atoms with Crippen molar-refractivity contribution < 1.29 is 4.79 Å². The van der Waals surface area contributed by atoms with E-state index in [2.05, 4.69) is 20.0 Å². The zero-order valence-electron chi connectivity index (χ0n) is 11.9. The topological polar surface area (TPSA) is 72.7 Å². The standard InChI is InChI=1S/C16H11N5OS/c22-16(15-10-17-20-23-15)19-12-5-7-13(8-6-12)21-14-4-2-1-3-11(14)9-18-21/h1-10H,(H,19,22). The molecule has 0 saturated carbocycles. The summed E-state index contributed by atoms with van der Waals surface area (Å²) < 4.78 is 5.55. The molecule has 112 valence electrons. The molecule has 0 spiro atoms. The second kappa shape index (κ2) is 5.62. The second-order valence-electron chi connectivity index (χ2n) is 4.90. The number of rotatable bonds is 3. The molecular formula is C16H11N5OS. The van der Waals surface area contributed by atoms with Gasteiger partial charge in [0.1, 0.15) is 4.88 Å². The predicted octanol–water partition coefficient (Wildman–Crippen LogP) is 3.13. The highest BCUT2D eigenvalue weighted by Crippen LogP contribution is 2.20. The van der Waals surface area contributed by atoms with E-state index >= 15 is 0 Å². The number of nitrogens with one attached hydrogen (secondary N) is 1. The predicted molar refractivity (Wildman–Crippen MR) is 88.9 cm³/mol. The summed E-state index contributed by atoms with van der Waals surface area (Å²) in [4.78, 5) is 12.4. The van der Waals surface area contributed by atoms with E-state index in [-0.39, 0.29) is 5.91 Å². The summed E-state index contributed by atoms with van der Waals surface area (Å²) in [5.74, 6) is -0.211. The Labute approximate surface area is 135 Å². The first kappa shape index (κ1) is 13.6. The molecule has 0 radical (unpaired) electrons. The fourth-order valence-corrected chi connectivity index (χ4v) is 2.73. The Kier molecular flexibility index (Phi) is 3.32. The molecule has 4 aromatic rings. The molecule has 2 aromatic heterocycles. The lowest BCUT2D eigenvalue weighted by Crippen LogP contribution is -2.10. The summed E-state index contributed by atoms with van der Waals surface area (Å²) in [7, 11) is 0. The molecule has 0 fully saturated rings. The maximum absolute atomic E-state index is 12.0. The van der Waals surface area contributed by atoms with E-state index in [1.165, 1.54) is 6.20 Å². The van der Waals surface area contributed by atoms with Crippen LogP contribution in [-0.2, 0) is 0 Å². The molecule has 0 saturated heterocycles. The SMILES string of the molecule is O=C(Nc1ccc(-n2ncc3ccccc32)cc1)c1cnns1. The van der Waals surface area contributed by atoms with Crippen molar-refractivity contribution >= 4 is 34.0 Å². The van der Waals surface area contributed by atoms with Crippen LogP contribution in [0.5, 0.6) is 0 Å². The van der Waals surface area contributed by atoms with Crippen molar-refractivity contribution in [3.8, 4) is 5.69 Å². The van der Waals surface area contributed by atoms with Gasteiger partial charge in [-0.05, 0) is 41.9 Å². The van der Waals surface area contributed by atoms with Gasteiger partial charge in [-0.25, -0.2) is 4.68 Å². The van der Waals surface area contributed by atoms with Gasteiger partial charge in [-0.3, -0.25) is 4.79 Å². The Morgan fingerprint density at radius 3 is 2.65 bits per heavy atom. The number of nitrogens with zero attached hydrogens (tertiary/aromatic N) is 4. The molecule has 0 aliphatic rings. The molecule has 0 bridgehead atoms. The van der Waals surface area contributed by atoms with E-state index in [0.29, 0.717) is 10.6 Å². The molecule has 23 heavy (non-hydrogen) atoms. The highest BCUT2D eigenvalue weighted by molar-refractivity contribution is 7.07. The smallest absolute Gasteiger partial charge is 0.269 e. The van der Waals surface area contributed by atoms with Crippen molar-refractivity contribution in [1.82, 2.24) is 19.4 Å². The lowest BCUT2D eigenvalue weighted by molar-refractivity contribution is 0.103. The number of anilines is 1. The van der Waals surface area contributed by atoms with E-state index in [4.69, 9.17) is 0 Å². The summed E-state index contributed by atoms with van der Waals surface area (Å²) in [6, 6.07) is 15.5. The lowest BCUT2D eigenvalue weighted by atomic mass is 10.2. The van der Waals surface area contributed by atoms with Gasteiger partial charge >= 0.3 is 0 Å². The van der Waals surface area contributed by atoms with E-state index in [1.54, 1.807) is 0 Å². The van der Waals surface area contributed by atoms with Crippen LogP contribution in [0.25, 0.3) is 16.6 Å².